The quantitative estimate of drug-likeness (QED) is 0.359. The smallest absolute Gasteiger partial charge is 0.191 e. The van der Waals surface area contributed by atoms with E-state index in [2.05, 4.69) is 23.6 Å². The van der Waals surface area contributed by atoms with Crippen LogP contribution in [0.15, 0.2) is 17.1 Å². The summed E-state index contributed by atoms with van der Waals surface area (Å²) < 4.78 is 5.93. The fourth-order valence-electron chi connectivity index (χ4n) is 4.51. The Morgan fingerprint density at radius 2 is 2.12 bits per heavy atom. The van der Waals surface area contributed by atoms with Crippen molar-refractivity contribution in [2.45, 2.75) is 76.7 Å². The molecule has 2 bridgehead atoms. The van der Waals surface area contributed by atoms with Crippen LogP contribution in [0, 0.1) is 0 Å². The number of hydrogen-bond donors (Lipinski definition) is 3. The SMILES string of the molecule is CCNC(=NCc1c(O)ccc2c1CCCC2)NC1CC2CCC1O2.I. The molecule has 3 N–H and O–H groups in total. The normalized spacial score (nSPS) is 27.0. The molecule has 0 spiro atoms. The van der Waals surface area contributed by atoms with E-state index in [-0.39, 0.29) is 24.0 Å². The van der Waals surface area contributed by atoms with Crippen molar-refractivity contribution in [1.82, 2.24) is 10.6 Å². The van der Waals surface area contributed by atoms with E-state index in [0.29, 0.717) is 30.5 Å². The number of aliphatic imine (C=N–C) groups is 1. The number of fused-ring (bicyclic) bond motifs is 3. The largest absolute Gasteiger partial charge is 0.508 e. The zero-order chi connectivity index (χ0) is 17.2. The molecule has 1 aromatic carbocycles. The third-order valence-electron chi connectivity index (χ3n) is 5.79. The molecule has 1 aromatic rings. The lowest BCUT2D eigenvalue weighted by atomic mass is 9.88. The molecule has 3 atom stereocenters. The molecule has 0 radical (unpaired) electrons. The second kappa shape index (κ2) is 8.78. The number of phenolic OH excluding ortho intramolecular Hbond substituents is 1. The van der Waals surface area contributed by atoms with Crippen molar-refractivity contribution in [2.75, 3.05) is 6.54 Å². The van der Waals surface area contributed by atoms with Crippen LogP contribution in [-0.4, -0.2) is 35.9 Å². The van der Waals surface area contributed by atoms with Crippen molar-refractivity contribution in [1.29, 1.82) is 0 Å². The Morgan fingerprint density at radius 1 is 1.27 bits per heavy atom. The number of guanidine groups is 1. The molecule has 4 rings (SSSR count). The Morgan fingerprint density at radius 3 is 2.85 bits per heavy atom. The van der Waals surface area contributed by atoms with Crippen molar-refractivity contribution < 1.29 is 9.84 Å². The summed E-state index contributed by atoms with van der Waals surface area (Å²) in [6.07, 6.45) is 8.78. The highest BCUT2D eigenvalue weighted by Gasteiger charge is 2.41. The number of aryl methyl sites for hydroxylation is 1. The fourth-order valence-corrected chi connectivity index (χ4v) is 4.51. The molecule has 0 amide bonds. The molecule has 144 valence electrons. The average molecular weight is 471 g/mol. The zero-order valence-electron chi connectivity index (χ0n) is 15.5. The number of rotatable bonds is 4. The third-order valence-corrected chi connectivity index (χ3v) is 5.79. The van der Waals surface area contributed by atoms with Crippen molar-refractivity contribution in [2.24, 2.45) is 4.99 Å². The van der Waals surface area contributed by atoms with Crippen LogP contribution < -0.4 is 10.6 Å². The Labute approximate surface area is 173 Å². The van der Waals surface area contributed by atoms with Gasteiger partial charge in [-0.1, -0.05) is 6.07 Å². The van der Waals surface area contributed by atoms with Gasteiger partial charge in [0, 0.05) is 12.1 Å². The van der Waals surface area contributed by atoms with Gasteiger partial charge in [-0.2, -0.15) is 0 Å². The lowest BCUT2D eigenvalue weighted by molar-refractivity contribution is 0.0992. The van der Waals surface area contributed by atoms with E-state index in [1.165, 1.54) is 30.4 Å². The molecule has 0 aromatic heterocycles. The molecule has 0 saturated carbocycles. The van der Waals surface area contributed by atoms with Gasteiger partial charge in [0.05, 0.1) is 24.8 Å². The second-order valence-corrected chi connectivity index (χ2v) is 7.46. The van der Waals surface area contributed by atoms with Crippen LogP contribution in [-0.2, 0) is 24.1 Å². The summed E-state index contributed by atoms with van der Waals surface area (Å²) in [5.74, 6) is 1.21. The van der Waals surface area contributed by atoms with Gasteiger partial charge in [0.15, 0.2) is 5.96 Å². The molecule has 26 heavy (non-hydrogen) atoms. The number of aromatic hydroxyl groups is 1. The minimum Gasteiger partial charge on any atom is -0.508 e. The molecule has 3 aliphatic rings. The van der Waals surface area contributed by atoms with Crippen LogP contribution in [0.1, 0.15) is 55.7 Å². The van der Waals surface area contributed by atoms with Crippen molar-refractivity contribution >= 4 is 29.9 Å². The molecular formula is C20H30IN3O2. The standard InChI is InChI=1S/C20H29N3O2.HI/c1-2-21-20(23-17-11-14-8-10-19(17)25-14)22-12-16-15-6-4-3-5-13(15)7-9-18(16)24;/h7,9,14,17,19,24H,2-6,8,10-12H2,1H3,(H2,21,22,23);1H. The predicted octanol–water partition coefficient (Wildman–Crippen LogP) is 3.26. The summed E-state index contributed by atoms with van der Waals surface area (Å²) in [4.78, 5) is 4.78. The first-order valence-electron chi connectivity index (χ1n) is 9.77. The first-order valence-corrected chi connectivity index (χ1v) is 9.77. The van der Waals surface area contributed by atoms with Gasteiger partial charge in [0.2, 0.25) is 0 Å². The van der Waals surface area contributed by atoms with Crippen LogP contribution in [0.3, 0.4) is 0 Å². The highest BCUT2D eigenvalue weighted by molar-refractivity contribution is 14.0. The Balaban J connectivity index is 0.00000196. The van der Waals surface area contributed by atoms with Crippen molar-refractivity contribution in [3.63, 3.8) is 0 Å². The molecule has 6 heteroatoms. The molecule has 2 saturated heterocycles. The minimum atomic E-state index is 0. The predicted molar refractivity (Wildman–Crippen MR) is 114 cm³/mol. The van der Waals surface area contributed by atoms with Gasteiger partial charge < -0.3 is 20.5 Å². The maximum absolute atomic E-state index is 10.3. The fraction of sp³-hybridized carbons (Fsp3) is 0.650. The van der Waals surface area contributed by atoms with Gasteiger partial charge in [0.1, 0.15) is 5.75 Å². The Kier molecular flexibility index (Phi) is 6.66. The summed E-state index contributed by atoms with van der Waals surface area (Å²) in [6.45, 7) is 3.43. The Bertz CT molecular complexity index is 665. The number of nitrogens with zero attached hydrogens (tertiary/aromatic N) is 1. The second-order valence-electron chi connectivity index (χ2n) is 7.46. The van der Waals surface area contributed by atoms with Crippen LogP contribution in [0.5, 0.6) is 5.75 Å². The highest BCUT2D eigenvalue weighted by atomic mass is 127. The maximum atomic E-state index is 10.3. The zero-order valence-corrected chi connectivity index (χ0v) is 17.8. The molecule has 2 fully saturated rings. The van der Waals surface area contributed by atoms with E-state index in [9.17, 15) is 5.11 Å². The number of halogens is 1. The van der Waals surface area contributed by atoms with Crippen LogP contribution in [0.25, 0.3) is 0 Å². The third kappa shape index (κ3) is 4.11. The minimum absolute atomic E-state index is 0. The molecule has 3 unspecified atom stereocenters. The van der Waals surface area contributed by atoms with E-state index >= 15 is 0 Å². The van der Waals surface area contributed by atoms with Gasteiger partial charge >= 0.3 is 0 Å². The maximum Gasteiger partial charge on any atom is 0.191 e. The number of phenols is 1. The van der Waals surface area contributed by atoms with E-state index in [1.54, 1.807) is 0 Å². The molecule has 1 aliphatic carbocycles. The molecule has 5 nitrogen and oxygen atoms in total. The first kappa shape index (κ1) is 19.7. The van der Waals surface area contributed by atoms with Gasteiger partial charge in [-0.25, -0.2) is 4.99 Å². The summed E-state index contributed by atoms with van der Waals surface area (Å²) >= 11 is 0. The van der Waals surface area contributed by atoms with E-state index in [0.717, 1.165) is 43.8 Å². The number of benzene rings is 1. The van der Waals surface area contributed by atoms with Gasteiger partial charge in [-0.05, 0) is 69.1 Å². The summed E-state index contributed by atoms with van der Waals surface area (Å²) in [5.41, 5.74) is 3.70. The molecule has 2 aliphatic heterocycles. The number of nitrogens with one attached hydrogen (secondary N) is 2. The Hall–Kier alpha value is -1.02. The lowest BCUT2D eigenvalue weighted by Crippen LogP contribution is -2.47. The first-order chi connectivity index (χ1) is 12.2. The average Bonchev–Trinajstić information content (AvgIpc) is 3.24. The molecular weight excluding hydrogens is 441 g/mol. The van der Waals surface area contributed by atoms with Crippen molar-refractivity contribution in [3.05, 3.63) is 28.8 Å². The van der Waals surface area contributed by atoms with E-state index < -0.39 is 0 Å². The monoisotopic (exact) mass is 471 g/mol. The van der Waals surface area contributed by atoms with Crippen LogP contribution in [0.2, 0.25) is 0 Å². The van der Waals surface area contributed by atoms with Gasteiger partial charge in [0.25, 0.3) is 0 Å². The van der Waals surface area contributed by atoms with E-state index in [4.69, 9.17) is 9.73 Å². The number of ether oxygens (including phenoxy) is 1. The van der Waals surface area contributed by atoms with Crippen LogP contribution in [0.4, 0.5) is 0 Å². The van der Waals surface area contributed by atoms with Crippen LogP contribution >= 0.6 is 24.0 Å². The molecule has 2 heterocycles. The number of hydrogen-bond acceptors (Lipinski definition) is 3. The van der Waals surface area contributed by atoms with Gasteiger partial charge in [-0.3, -0.25) is 0 Å². The highest BCUT2D eigenvalue weighted by Crippen LogP contribution is 2.34. The van der Waals surface area contributed by atoms with Crippen molar-refractivity contribution in [3.8, 4) is 5.75 Å². The lowest BCUT2D eigenvalue weighted by Gasteiger charge is -2.23. The van der Waals surface area contributed by atoms with Gasteiger partial charge in [-0.15, -0.1) is 24.0 Å². The summed E-state index contributed by atoms with van der Waals surface area (Å²) in [7, 11) is 0. The summed E-state index contributed by atoms with van der Waals surface area (Å²) in [6, 6.07) is 4.27. The summed E-state index contributed by atoms with van der Waals surface area (Å²) in [5, 5.41) is 17.2. The van der Waals surface area contributed by atoms with E-state index in [1.807, 2.05) is 6.07 Å². The topological polar surface area (TPSA) is 65.9 Å².